The van der Waals surface area contributed by atoms with Crippen LogP contribution in [0.1, 0.15) is 16.9 Å². The van der Waals surface area contributed by atoms with Crippen LogP contribution in [0.3, 0.4) is 0 Å². The smallest absolute Gasteiger partial charge is 0.392 e. The highest BCUT2D eigenvalue weighted by Gasteiger charge is 2.46. The zero-order valence-corrected chi connectivity index (χ0v) is 11.0. The molecule has 1 saturated heterocycles. The van der Waals surface area contributed by atoms with Gasteiger partial charge in [-0.1, -0.05) is 6.07 Å². The first-order chi connectivity index (χ1) is 9.82. The molecule has 0 bridgehead atoms. The first-order valence-corrected chi connectivity index (χ1v) is 6.45. The third-order valence-corrected chi connectivity index (χ3v) is 3.67. The standard InChI is InChI=1S/C13H15F3N2O3/c14-13(15,16)9-4-5-18(6-8(9)7-19)11-3-1-2-10(17-11)12(20)21/h1-3,8-9,19H,4-7H2,(H,20,21). The second kappa shape index (κ2) is 5.88. The molecule has 0 spiro atoms. The maximum absolute atomic E-state index is 12.9. The minimum Gasteiger partial charge on any atom is -0.477 e. The number of alkyl halides is 3. The number of rotatable bonds is 3. The lowest BCUT2D eigenvalue weighted by Crippen LogP contribution is -2.47. The first-order valence-electron chi connectivity index (χ1n) is 6.45. The predicted molar refractivity (Wildman–Crippen MR) is 68.1 cm³/mol. The summed E-state index contributed by atoms with van der Waals surface area (Å²) in [6.07, 6.45) is -4.48. The second-order valence-electron chi connectivity index (χ2n) is 5.01. The van der Waals surface area contributed by atoms with Gasteiger partial charge in [0.15, 0.2) is 5.69 Å². The molecule has 1 aliphatic heterocycles. The van der Waals surface area contributed by atoms with Crippen molar-refractivity contribution in [2.24, 2.45) is 11.8 Å². The van der Waals surface area contributed by atoms with E-state index < -0.39 is 30.6 Å². The van der Waals surface area contributed by atoms with E-state index in [9.17, 15) is 23.1 Å². The molecule has 1 fully saturated rings. The molecule has 0 aromatic carbocycles. The lowest BCUT2D eigenvalue weighted by Gasteiger charge is -2.39. The number of anilines is 1. The Bertz CT molecular complexity index is 522. The Hall–Kier alpha value is -1.83. The molecular weight excluding hydrogens is 289 g/mol. The molecule has 8 heteroatoms. The van der Waals surface area contributed by atoms with E-state index >= 15 is 0 Å². The lowest BCUT2D eigenvalue weighted by molar-refractivity contribution is -0.195. The zero-order valence-electron chi connectivity index (χ0n) is 11.0. The quantitative estimate of drug-likeness (QED) is 0.890. The van der Waals surface area contributed by atoms with Crippen molar-refractivity contribution < 1.29 is 28.2 Å². The van der Waals surface area contributed by atoms with Crippen LogP contribution in [0, 0.1) is 11.8 Å². The largest absolute Gasteiger partial charge is 0.477 e. The summed E-state index contributed by atoms with van der Waals surface area (Å²) in [4.78, 5) is 16.4. The van der Waals surface area contributed by atoms with Gasteiger partial charge in [-0.15, -0.1) is 0 Å². The number of carboxylic acids is 1. The minimum atomic E-state index is -4.34. The highest BCUT2D eigenvalue weighted by molar-refractivity contribution is 5.85. The van der Waals surface area contributed by atoms with E-state index in [1.165, 1.54) is 12.1 Å². The Labute approximate surface area is 119 Å². The normalized spacial score (nSPS) is 23.1. The maximum atomic E-state index is 12.9. The van der Waals surface area contributed by atoms with E-state index in [1.807, 2.05) is 0 Å². The number of nitrogens with zero attached hydrogens (tertiary/aromatic N) is 2. The van der Waals surface area contributed by atoms with Crippen molar-refractivity contribution in [2.75, 3.05) is 24.6 Å². The molecule has 116 valence electrons. The van der Waals surface area contributed by atoms with Gasteiger partial charge in [-0.05, 0) is 18.6 Å². The van der Waals surface area contributed by atoms with Gasteiger partial charge in [-0.3, -0.25) is 0 Å². The number of halogens is 3. The SMILES string of the molecule is O=C(O)c1cccc(N2CCC(C(F)(F)F)C(CO)C2)n1. The maximum Gasteiger partial charge on any atom is 0.392 e. The summed E-state index contributed by atoms with van der Waals surface area (Å²) in [5.74, 6) is -3.36. The van der Waals surface area contributed by atoms with Gasteiger partial charge in [-0.25, -0.2) is 9.78 Å². The highest BCUT2D eigenvalue weighted by atomic mass is 19.4. The monoisotopic (exact) mass is 304 g/mol. The number of aliphatic hydroxyl groups excluding tert-OH is 1. The number of pyridine rings is 1. The summed E-state index contributed by atoms with van der Waals surface area (Å²) in [5, 5.41) is 18.1. The fourth-order valence-electron chi connectivity index (χ4n) is 2.57. The van der Waals surface area contributed by atoms with Gasteiger partial charge >= 0.3 is 12.1 Å². The van der Waals surface area contributed by atoms with Crippen LogP contribution in [0.5, 0.6) is 0 Å². The molecule has 1 aromatic rings. The van der Waals surface area contributed by atoms with Gasteiger partial charge in [0.25, 0.3) is 0 Å². The lowest BCUT2D eigenvalue weighted by atomic mass is 9.85. The zero-order chi connectivity index (χ0) is 15.6. The van der Waals surface area contributed by atoms with E-state index in [-0.39, 0.29) is 25.2 Å². The molecule has 2 unspecified atom stereocenters. The molecule has 5 nitrogen and oxygen atoms in total. The van der Waals surface area contributed by atoms with E-state index in [0.717, 1.165) is 0 Å². The Morgan fingerprint density at radius 3 is 2.71 bits per heavy atom. The Morgan fingerprint density at radius 2 is 2.14 bits per heavy atom. The van der Waals surface area contributed by atoms with Gasteiger partial charge < -0.3 is 15.1 Å². The Balaban J connectivity index is 2.17. The van der Waals surface area contributed by atoms with Crippen LogP contribution < -0.4 is 4.90 Å². The molecule has 1 aromatic heterocycles. The summed E-state index contributed by atoms with van der Waals surface area (Å²) in [6, 6.07) is 4.36. The van der Waals surface area contributed by atoms with Crippen molar-refractivity contribution in [3.05, 3.63) is 23.9 Å². The molecule has 2 rings (SSSR count). The third-order valence-electron chi connectivity index (χ3n) is 3.67. The number of hydrogen-bond donors (Lipinski definition) is 2. The van der Waals surface area contributed by atoms with Crippen molar-refractivity contribution in [1.29, 1.82) is 0 Å². The van der Waals surface area contributed by atoms with Gasteiger partial charge in [0.2, 0.25) is 0 Å². The molecule has 2 N–H and O–H groups in total. The van der Waals surface area contributed by atoms with Crippen LogP contribution >= 0.6 is 0 Å². The molecule has 2 heterocycles. The Kier molecular flexibility index (Phi) is 4.36. The van der Waals surface area contributed by atoms with Crippen LogP contribution in [0.15, 0.2) is 18.2 Å². The van der Waals surface area contributed by atoms with Crippen LogP contribution in [0.2, 0.25) is 0 Å². The number of hydrogen-bond acceptors (Lipinski definition) is 4. The number of carbonyl (C=O) groups is 1. The average Bonchev–Trinajstić information content (AvgIpc) is 2.45. The summed E-state index contributed by atoms with van der Waals surface area (Å²) >= 11 is 0. The topological polar surface area (TPSA) is 73.7 Å². The number of piperidine rings is 1. The number of aliphatic hydroxyl groups is 1. The molecular formula is C13H15F3N2O3. The third kappa shape index (κ3) is 3.44. The van der Waals surface area contributed by atoms with Crippen LogP contribution in [-0.2, 0) is 0 Å². The van der Waals surface area contributed by atoms with E-state index in [1.54, 1.807) is 11.0 Å². The van der Waals surface area contributed by atoms with Gasteiger partial charge in [0.1, 0.15) is 5.82 Å². The predicted octanol–water partition coefficient (Wildman–Crippen LogP) is 1.78. The van der Waals surface area contributed by atoms with Crippen molar-refractivity contribution >= 4 is 11.8 Å². The van der Waals surface area contributed by atoms with Crippen molar-refractivity contribution in [3.63, 3.8) is 0 Å². The van der Waals surface area contributed by atoms with E-state index in [4.69, 9.17) is 5.11 Å². The fraction of sp³-hybridized carbons (Fsp3) is 0.538. The van der Waals surface area contributed by atoms with Gasteiger partial charge in [0, 0.05) is 25.6 Å². The molecule has 21 heavy (non-hydrogen) atoms. The molecule has 1 aliphatic rings. The number of carboxylic acid groups (broad SMARTS) is 1. The second-order valence-corrected chi connectivity index (χ2v) is 5.01. The summed E-state index contributed by atoms with van der Waals surface area (Å²) in [5.41, 5.74) is -0.161. The van der Waals surface area contributed by atoms with Gasteiger partial charge in [-0.2, -0.15) is 13.2 Å². The highest BCUT2D eigenvalue weighted by Crippen LogP contribution is 2.38. The summed E-state index contributed by atoms with van der Waals surface area (Å²) < 4.78 is 38.6. The summed E-state index contributed by atoms with van der Waals surface area (Å²) in [6.45, 7) is -0.452. The van der Waals surface area contributed by atoms with Crippen molar-refractivity contribution in [2.45, 2.75) is 12.6 Å². The molecule has 0 amide bonds. The molecule has 0 radical (unpaired) electrons. The average molecular weight is 304 g/mol. The van der Waals surface area contributed by atoms with Crippen molar-refractivity contribution in [3.8, 4) is 0 Å². The van der Waals surface area contributed by atoms with Crippen LogP contribution in [-0.4, -0.2) is 47.0 Å². The fourth-order valence-corrected chi connectivity index (χ4v) is 2.57. The Morgan fingerprint density at radius 1 is 1.43 bits per heavy atom. The molecule has 0 saturated carbocycles. The van der Waals surface area contributed by atoms with E-state index in [0.29, 0.717) is 5.82 Å². The minimum absolute atomic E-state index is 0.00323. The van der Waals surface area contributed by atoms with Crippen molar-refractivity contribution in [1.82, 2.24) is 4.98 Å². The van der Waals surface area contributed by atoms with Gasteiger partial charge in [0.05, 0.1) is 5.92 Å². The first kappa shape index (κ1) is 15.6. The summed E-state index contributed by atoms with van der Waals surface area (Å²) in [7, 11) is 0. The number of aromatic carboxylic acids is 1. The van der Waals surface area contributed by atoms with Crippen LogP contribution in [0.4, 0.5) is 19.0 Å². The molecule has 0 aliphatic carbocycles. The van der Waals surface area contributed by atoms with Crippen LogP contribution in [0.25, 0.3) is 0 Å². The molecule has 2 atom stereocenters. The number of aromatic nitrogens is 1. The van der Waals surface area contributed by atoms with E-state index in [2.05, 4.69) is 4.98 Å².